The van der Waals surface area contributed by atoms with Crippen LogP contribution in [0, 0.1) is 0 Å². The van der Waals surface area contributed by atoms with Crippen LogP contribution in [0.25, 0.3) is 22.0 Å². The summed E-state index contributed by atoms with van der Waals surface area (Å²) < 4.78 is 0. The zero-order chi connectivity index (χ0) is 15.7. The number of pyridine rings is 1. The van der Waals surface area contributed by atoms with Crippen molar-refractivity contribution < 1.29 is 5.11 Å². The summed E-state index contributed by atoms with van der Waals surface area (Å²) in [6.45, 7) is 6.72. The number of benzene rings is 2. The molecule has 0 atom stereocenters. The third kappa shape index (κ3) is 2.75. The van der Waals surface area contributed by atoms with Crippen molar-refractivity contribution in [1.82, 2.24) is 4.98 Å². The highest BCUT2D eigenvalue weighted by atomic mass is 16.3. The molecule has 1 N–H and O–H groups in total. The molecule has 2 aromatic carbocycles. The van der Waals surface area contributed by atoms with Crippen LogP contribution >= 0.6 is 0 Å². The number of aliphatic hydroxyl groups excluding tert-OH is 1. The molecule has 0 unspecified atom stereocenters. The van der Waals surface area contributed by atoms with E-state index in [4.69, 9.17) is 0 Å². The second-order valence-corrected chi connectivity index (χ2v) is 6.71. The summed E-state index contributed by atoms with van der Waals surface area (Å²) in [6, 6.07) is 16.6. The van der Waals surface area contributed by atoms with Crippen LogP contribution in [0.1, 0.15) is 31.9 Å². The molecular formula is C20H21NO. The van der Waals surface area contributed by atoms with E-state index >= 15 is 0 Å². The van der Waals surface area contributed by atoms with E-state index in [9.17, 15) is 5.11 Å². The van der Waals surface area contributed by atoms with Crippen LogP contribution in [-0.2, 0) is 12.0 Å². The third-order valence-corrected chi connectivity index (χ3v) is 3.99. The van der Waals surface area contributed by atoms with E-state index in [2.05, 4.69) is 50.0 Å². The average Bonchev–Trinajstić information content (AvgIpc) is 2.53. The minimum atomic E-state index is 0.0537. The van der Waals surface area contributed by atoms with Crippen molar-refractivity contribution in [3.8, 4) is 11.1 Å². The van der Waals surface area contributed by atoms with Gasteiger partial charge in [-0.2, -0.15) is 0 Å². The minimum absolute atomic E-state index is 0.0537. The number of aromatic nitrogens is 1. The minimum Gasteiger partial charge on any atom is -0.392 e. The van der Waals surface area contributed by atoms with E-state index in [0.717, 1.165) is 27.6 Å². The van der Waals surface area contributed by atoms with Gasteiger partial charge in [-0.1, -0.05) is 45.0 Å². The van der Waals surface area contributed by atoms with Gasteiger partial charge in [-0.3, -0.25) is 4.98 Å². The molecule has 0 aliphatic heterocycles. The molecule has 1 heterocycles. The molecule has 0 bridgehead atoms. The van der Waals surface area contributed by atoms with Crippen molar-refractivity contribution in [2.24, 2.45) is 0 Å². The largest absolute Gasteiger partial charge is 0.392 e. The summed E-state index contributed by atoms with van der Waals surface area (Å²) >= 11 is 0. The Bertz CT molecular complexity index is 815. The fraction of sp³-hybridized carbons (Fsp3) is 0.250. The number of hydrogen-bond acceptors (Lipinski definition) is 2. The maximum absolute atomic E-state index is 9.39. The van der Waals surface area contributed by atoms with Crippen LogP contribution in [-0.4, -0.2) is 10.1 Å². The summed E-state index contributed by atoms with van der Waals surface area (Å²) in [4.78, 5) is 4.57. The first-order valence-electron chi connectivity index (χ1n) is 7.58. The number of nitrogens with zero attached hydrogens (tertiary/aromatic N) is 1. The van der Waals surface area contributed by atoms with Crippen LogP contribution in [0.4, 0.5) is 0 Å². The highest BCUT2D eigenvalue weighted by Gasteiger charge is 2.17. The molecule has 3 aromatic rings. The summed E-state index contributed by atoms with van der Waals surface area (Å²) in [7, 11) is 0. The number of aliphatic hydroxyl groups is 1. The first kappa shape index (κ1) is 14.7. The quantitative estimate of drug-likeness (QED) is 0.743. The van der Waals surface area contributed by atoms with Crippen LogP contribution in [0.2, 0.25) is 0 Å². The fourth-order valence-corrected chi connectivity index (χ4v) is 2.68. The normalized spacial score (nSPS) is 11.8. The highest BCUT2D eigenvalue weighted by molar-refractivity contribution is 5.94. The lowest BCUT2D eigenvalue weighted by atomic mass is 9.84. The SMILES string of the molecule is CC(C)(C)c1cc(-c2cccc(CO)c2)c2ncccc2c1. The van der Waals surface area contributed by atoms with Crippen molar-refractivity contribution in [2.75, 3.05) is 0 Å². The summed E-state index contributed by atoms with van der Waals surface area (Å²) in [5.41, 5.74) is 5.51. The van der Waals surface area contributed by atoms with Crippen molar-refractivity contribution in [3.05, 3.63) is 65.9 Å². The predicted octanol–water partition coefficient (Wildman–Crippen LogP) is 4.69. The predicted molar refractivity (Wildman–Crippen MR) is 91.8 cm³/mol. The lowest BCUT2D eigenvalue weighted by molar-refractivity contribution is 0.282. The Hall–Kier alpha value is -2.19. The molecule has 0 amide bonds. The molecule has 0 aliphatic rings. The first-order chi connectivity index (χ1) is 10.5. The molecular weight excluding hydrogens is 270 g/mol. The Balaban J connectivity index is 2.31. The third-order valence-electron chi connectivity index (χ3n) is 3.99. The maximum atomic E-state index is 9.39. The van der Waals surface area contributed by atoms with Gasteiger partial charge in [0, 0.05) is 17.1 Å². The van der Waals surface area contributed by atoms with Crippen molar-refractivity contribution in [1.29, 1.82) is 0 Å². The van der Waals surface area contributed by atoms with E-state index in [1.165, 1.54) is 5.56 Å². The molecule has 0 spiro atoms. The monoisotopic (exact) mass is 291 g/mol. The average molecular weight is 291 g/mol. The van der Waals surface area contributed by atoms with Gasteiger partial charge in [0.05, 0.1) is 12.1 Å². The molecule has 0 saturated carbocycles. The summed E-state index contributed by atoms with van der Waals surface area (Å²) in [6.07, 6.45) is 1.83. The van der Waals surface area contributed by atoms with E-state index in [1.807, 2.05) is 30.5 Å². The van der Waals surface area contributed by atoms with Crippen molar-refractivity contribution >= 4 is 10.9 Å². The number of hydrogen-bond donors (Lipinski definition) is 1. The molecule has 3 rings (SSSR count). The molecule has 1 aromatic heterocycles. The molecule has 2 nitrogen and oxygen atoms in total. The first-order valence-corrected chi connectivity index (χ1v) is 7.58. The van der Waals surface area contributed by atoms with Gasteiger partial charge < -0.3 is 5.11 Å². The Labute approximate surface area is 131 Å². The highest BCUT2D eigenvalue weighted by Crippen LogP contribution is 2.33. The van der Waals surface area contributed by atoms with Crippen molar-refractivity contribution in [2.45, 2.75) is 32.8 Å². The molecule has 22 heavy (non-hydrogen) atoms. The lowest BCUT2D eigenvalue weighted by Gasteiger charge is -2.21. The topological polar surface area (TPSA) is 33.1 Å². The number of fused-ring (bicyclic) bond motifs is 1. The van der Waals surface area contributed by atoms with Gasteiger partial charge in [-0.25, -0.2) is 0 Å². The Morgan fingerprint density at radius 3 is 2.55 bits per heavy atom. The van der Waals surface area contributed by atoms with Gasteiger partial charge in [0.15, 0.2) is 0 Å². The standard InChI is InChI=1S/C20H21NO/c1-20(2,3)17-11-16-8-5-9-21-19(16)18(12-17)15-7-4-6-14(10-15)13-22/h4-12,22H,13H2,1-3H3. The zero-order valence-electron chi connectivity index (χ0n) is 13.3. The molecule has 0 aliphatic carbocycles. The zero-order valence-corrected chi connectivity index (χ0v) is 13.3. The second-order valence-electron chi connectivity index (χ2n) is 6.71. The second kappa shape index (κ2) is 5.54. The Morgan fingerprint density at radius 1 is 1.00 bits per heavy atom. The molecule has 2 heteroatoms. The van der Waals surface area contributed by atoms with E-state index < -0.39 is 0 Å². The van der Waals surface area contributed by atoms with Gasteiger partial charge >= 0.3 is 0 Å². The summed E-state index contributed by atoms with van der Waals surface area (Å²) in [5.74, 6) is 0. The van der Waals surface area contributed by atoms with Gasteiger partial charge in [0.2, 0.25) is 0 Å². The van der Waals surface area contributed by atoms with Gasteiger partial charge in [-0.05, 0) is 46.4 Å². The smallest absolute Gasteiger partial charge is 0.0780 e. The van der Waals surface area contributed by atoms with Gasteiger partial charge in [0.1, 0.15) is 0 Å². The van der Waals surface area contributed by atoms with E-state index in [-0.39, 0.29) is 12.0 Å². The van der Waals surface area contributed by atoms with Crippen LogP contribution in [0.3, 0.4) is 0 Å². The van der Waals surface area contributed by atoms with Crippen LogP contribution in [0.5, 0.6) is 0 Å². The molecule has 0 fully saturated rings. The van der Waals surface area contributed by atoms with Crippen LogP contribution in [0.15, 0.2) is 54.7 Å². The Morgan fingerprint density at radius 2 is 1.82 bits per heavy atom. The molecule has 0 radical (unpaired) electrons. The van der Waals surface area contributed by atoms with Crippen molar-refractivity contribution in [3.63, 3.8) is 0 Å². The lowest BCUT2D eigenvalue weighted by Crippen LogP contribution is -2.11. The number of rotatable bonds is 2. The van der Waals surface area contributed by atoms with Crippen LogP contribution < -0.4 is 0 Å². The Kier molecular flexibility index (Phi) is 3.71. The maximum Gasteiger partial charge on any atom is 0.0780 e. The van der Waals surface area contributed by atoms with Gasteiger partial charge in [-0.15, -0.1) is 0 Å². The van der Waals surface area contributed by atoms with E-state index in [1.54, 1.807) is 0 Å². The van der Waals surface area contributed by atoms with E-state index in [0.29, 0.717) is 0 Å². The molecule has 0 saturated heterocycles. The molecule has 112 valence electrons. The summed E-state index contributed by atoms with van der Waals surface area (Å²) in [5, 5.41) is 10.5. The fourth-order valence-electron chi connectivity index (χ4n) is 2.68. The van der Waals surface area contributed by atoms with Gasteiger partial charge in [0.25, 0.3) is 0 Å².